The number of allylic oxidation sites excluding steroid dienone is 2. The van der Waals surface area contributed by atoms with Crippen molar-refractivity contribution in [2.45, 2.75) is 32.1 Å². The van der Waals surface area contributed by atoms with Gasteiger partial charge in [-0.05, 0) is 66.7 Å². The second-order valence-corrected chi connectivity index (χ2v) is 6.75. The van der Waals surface area contributed by atoms with Gasteiger partial charge in [0.1, 0.15) is 6.26 Å². The summed E-state index contributed by atoms with van der Waals surface area (Å²) in [7, 11) is 0. The smallest absolute Gasteiger partial charge is 0.284 e. The second-order valence-electron chi connectivity index (χ2n) is 6.75. The molecule has 2 nitrogen and oxygen atoms in total. The molecule has 3 rings (SSSR count). The maximum Gasteiger partial charge on any atom is 0.284 e. The minimum absolute atomic E-state index is 0.583. The van der Waals surface area contributed by atoms with Crippen molar-refractivity contribution in [3.05, 3.63) is 89.2 Å². The highest BCUT2D eigenvalue weighted by Crippen LogP contribution is 2.31. The molecule has 0 spiro atoms. The van der Waals surface area contributed by atoms with Crippen molar-refractivity contribution in [2.24, 2.45) is 0 Å². The van der Waals surface area contributed by atoms with Gasteiger partial charge in [-0.2, -0.15) is 8.78 Å². The number of aliphatic hydroxyl groups excluding tert-OH is 1. The van der Waals surface area contributed by atoms with Crippen LogP contribution in [0.4, 0.5) is 14.5 Å². The Kier molecular flexibility index (Phi) is 5.45. The topological polar surface area (TPSA) is 32.3 Å². The van der Waals surface area contributed by atoms with Gasteiger partial charge in [0.2, 0.25) is 0 Å². The van der Waals surface area contributed by atoms with Crippen molar-refractivity contribution in [2.75, 3.05) is 5.32 Å². The molecule has 0 radical (unpaired) electrons. The number of benzene rings is 2. The quantitative estimate of drug-likeness (QED) is 0.465. The largest absolute Gasteiger partial charge is 0.513 e. The lowest BCUT2D eigenvalue weighted by Gasteiger charge is -2.16. The fraction of sp³-hybridized carbons (Fsp3) is 0.217. The van der Waals surface area contributed by atoms with E-state index in [2.05, 4.69) is 18.0 Å². The van der Waals surface area contributed by atoms with Gasteiger partial charge >= 0.3 is 0 Å². The third kappa shape index (κ3) is 4.27. The third-order valence-corrected chi connectivity index (χ3v) is 4.86. The average molecular weight is 367 g/mol. The molecule has 0 heterocycles. The first-order valence-electron chi connectivity index (χ1n) is 8.97. The van der Waals surface area contributed by atoms with Gasteiger partial charge < -0.3 is 10.4 Å². The summed E-state index contributed by atoms with van der Waals surface area (Å²) in [4.78, 5) is 0. The van der Waals surface area contributed by atoms with E-state index in [1.165, 1.54) is 17.2 Å². The first-order valence-corrected chi connectivity index (χ1v) is 8.97. The summed E-state index contributed by atoms with van der Waals surface area (Å²) in [6.07, 6.45) is 7.11. The monoisotopic (exact) mass is 367 g/mol. The Morgan fingerprint density at radius 1 is 1.22 bits per heavy atom. The molecule has 1 aliphatic carbocycles. The Bertz CT molecular complexity index is 913. The molecule has 0 saturated carbocycles. The fourth-order valence-electron chi connectivity index (χ4n) is 3.42. The number of halogens is 2. The van der Waals surface area contributed by atoms with E-state index in [0.717, 1.165) is 48.4 Å². The summed E-state index contributed by atoms with van der Waals surface area (Å²) in [6.45, 7) is 5.02. The van der Waals surface area contributed by atoms with Gasteiger partial charge in [-0.3, -0.25) is 0 Å². The molecule has 0 amide bonds. The first-order chi connectivity index (χ1) is 12.9. The number of rotatable bonds is 6. The van der Waals surface area contributed by atoms with Gasteiger partial charge in [-0.25, -0.2) is 0 Å². The fourth-order valence-corrected chi connectivity index (χ4v) is 3.42. The first kappa shape index (κ1) is 18.9. The van der Waals surface area contributed by atoms with Crippen LogP contribution in [0, 0.1) is 6.92 Å². The summed E-state index contributed by atoms with van der Waals surface area (Å²) >= 11 is 0. The van der Waals surface area contributed by atoms with Gasteiger partial charge in [0.25, 0.3) is 5.92 Å². The molecule has 0 aromatic heterocycles. The van der Waals surface area contributed by atoms with Crippen molar-refractivity contribution in [3.8, 4) is 0 Å². The van der Waals surface area contributed by atoms with Crippen LogP contribution >= 0.6 is 0 Å². The Morgan fingerprint density at radius 2 is 2.04 bits per heavy atom. The number of aliphatic hydroxyl groups is 1. The van der Waals surface area contributed by atoms with E-state index < -0.39 is 5.92 Å². The van der Waals surface area contributed by atoms with Crippen LogP contribution in [0.1, 0.15) is 34.2 Å². The molecule has 2 N–H and O–H groups in total. The van der Waals surface area contributed by atoms with E-state index in [1.807, 2.05) is 31.2 Å². The predicted octanol–water partition coefficient (Wildman–Crippen LogP) is 6.29. The van der Waals surface area contributed by atoms with Crippen molar-refractivity contribution in [3.63, 3.8) is 0 Å². The normalized spacial score (nSPS) is 14.4. The van der Waals surface area contributed by atoms with Crippen LogP contribution in [0.15, 0.2) is 61.4 Å². The highest BCUT2D eigenvalue weighted by molar-refractivity contribution is 5.80. The molecule has 0 bridgehead atoms. The minimum Gasteiger partial charge on any atom is -0.513 e. The van der Waals surface area contributed by atoms with E-state index in [4.69, 9.17) is 0 Å². The Hall–Kier alpha value is -2.88. The van der Waals surface area contributed by atoms with Gasteiger partial charge in [0.05, 0.1) is 5.70 Å². The van der Waals surface area contributed by atoms with Gasteiger partial charge in [-0.1, -0.05) is 43.0 Å². The molecule has 0 aliphatic heterocycles. The van der Waals surface area contributed by atoms with Crippen molar-refractivity contribution < 1.29 is 13.9 Å². The average Bonchev–Trinajstić information content (AvgIpc) is 3.14. The molecule has 0 unspecified atom stereocenters. The number of aryl methyl sites for hydroxylation is 2. The molecule has 4 heteroatoms. The molecular formula is C23H23F2NO. The molecule has 140 valence electrons. The Morgan fingerprint density at radius 3 is 2.74 bits per heavy atom. The number of nitrogens with one attached hydrogen (secondary N) is 1. The minimum atomic E-state index is -3.03. The molecule has 1 aliphatic rings. The van der Waals surface area contributed by atoms with E-state index >= 15 is 0 Å². The standard InChI is InChI=1S/C23H23F2NO/c1-3-23(24,25)13-12-17-10-11-19(16(2)14-17)22(15-27)26-21-9-5-7-18-6-4-8-20(18)21/h3,5,7,9-15,26-27H,1,4,6,8H2,2H3/b13-12+,22-15+. The number of anilines is 1. The molecule has 27 heavy (non-hydrogen) atoms. The number of hydrogen-bond acceptors (Lipinski definition) is 2. The highest BCUT2D eigenvalue weighted by Gasteiger charge is 2.19. The van der Waals surface area contributed by atoms with Crippen molar-refractivity contribution in [1.82, 2.24) is 0 Å². The molecule has 0 atom stereocenters. The molecular weight excluding hydrogens is 344 g/mol. The Labute approximate surface area is 158 Å². The predicted molar refractivity (Wildman–Crippen MR) is 108 cm³/mol. The molecule has 0 saturated heterocycles. The summed E-state index contributed by atoms with van der Waals surface area (Å²) in [5.74, 6) is -3.03. The van der Waals surface area contributed by atoms with Crippen LogP contribution < -0.4 is 5.32 Å². The maximum absolute atomic E-state index is 13.3. The molecule has 2 aromatic carbocycles. The van der Waals surface area contributed by atoms with Crippen LogP contribution in [0.5, 0.6) is 0 Å². The lowest BCUT2D eigenvalue weighted by Crippen LogP contribution is -2.05. The Balaban J connectivity index is 1.85. The molecule has 0 fully saturated rings. The number of alkyl halides is 2. The molecule has 2 aromatic rings. The van der Waals surface area contributed by atoms with E-state index in [0.29, 0.717) is 17.3 Å². The zero-order valence-corrected chi connectivity index (χ0v) is 15.3. The lowest BCUT2D eigenvalue weighted by molar-refractivity contribution is 0.113. The summed E-state index contributed by atoms with van der Waals surface area (Å²) in [5.41, 5.74) is 6.58. The third-order valence-electron chi connectivity index (χ3n) is 4.86. The summed E-state index contributed by atoms with van der Waals surface area (Å²) in [6, 6.07) is 11.5. The van der Waals surface area contributed by atoms with Crippen molar-refractivity contribution >= 4 is 17.5 Å². The van der Waals surface area contributed by atoms with Crippen molar-refractivity contribution in [1.29, 1.82) is 0 Å². The van der Waals surface area contributed by atoms with Gasteiger partial charge in [0, 0.05) is 11.3 Å². The van der Waals surface area contributed by atoms with Crippen LogP contribution in [0.2, 0.25) is 0 Å². The highest BCUT2D eigenvalue weighted by atomic mass is 19.3. The van der Waals surface area contributed by atoms with Gasteiger partial charge in [0.15, 0.2) is 0 Å². The van der Waals surface area contributed by atoms with Crippen LogP contribution in [-0.2, 0) is 12.8 Å². The maximum atomic E-state index is 13.3. The zero-order chi connectivity index (χ0) is 19.4. The van der Waals surface area contributed by atoms with Crippen LogP contribution in [-0.4, -0.2) is 11.0 Å². The van der Waals surface area contributed by atoms with E-state index in [1.54, 1.807) is 6.07 Å². The van der Waals surface area contributed by atoms with E-state index in [-0.39, 0.29) is 0 Å². The lowest BCUT2D eigenvalue weighted by atomic mass is 10.0. The number of hydrogen-bond donors (Lipinski definition) is 2. The zero-order valence-electron chi connectivity index (χ0n) is 15.3. The van der Waals surface area contributed by atoms with Crippen LogP contribution in [0.25, 0.3) is 11.8 Å². The summed E-state index contributed by atoms with van der Waals surface area (Å²) < 4.78 is 26.6. The number of fused-ring (bicyclic) bond motifs is 1. The van der Waals surface area contributed by atoms with E-state index in [9.17, 15) is 13.9 Å². The van der Waals surface area contributed by atoms with Crippen LogP contribution in [0.3, 0.4) is 0 Å². The second kappa shape index (κ2) is 7.78. The summed E-state index contributed by atoms with van der Waals surface area (Å²) in [5, 5.41) is 13.1. The SMILES string of the molecule is C=CC(F)(F)/C=C/c1ccc(/C(=C\O)Nc2cccc3c2CCC3)c(C)c1. The van der Waals surface area contributed by atoms with Gasteiger partial charge in [-0.15, -0.1) is 0 Å².